The van der Waals surface area contributed by atoms with E-state index in [4.69, 9.17) is 11.6 Å². The maximum atomic E-state index is 15.1. The monoisotopic (exact) mass is 383 g/mol. The average molecular weight is 384 g/mol. The number of aliphatic hydroxyl groups is 1. The van der Waals surface area contributed by atoms with Crippen LogP contribution in [0.1, 0.15) is 19.4 Å². The molecule has 0 bridgehead atoms. The van der Waals surface area contributed by atoms with E-state index in [9.17, 15) is 14.5 Å². The fourth-order valence-corrected chi connectivity index (χ4v) is 4.45. The first-order valence-electron chi connectivity index (χ1n) is 7.14. The molecule has 1 aromatic carbocycles. The Labute approximate surface area is 142 Å². The smallest absolute Gasteiger partial charge is 0.370 e. The van der Waals surface area contributed by atoms with Crippen molar-refractivity contribution in [2.24, 2.45) is 0 Å². The molecule has 0 saturated heterocycles. The normalized spacial score (nSPS) is 21.3. The molecule has 0 aliphatic carbocycles. The third-order valence-electron chi connectivity index (χ3n) is 3.70. The van der Waals surface area contributed by atoms with Gasteiger partial charge in [-0.1, -0.05) is 11.6 Å². The second kappa shape index (κ2) is 6.35. The van der Waals surface area contributed by atoms with Gasteiger partial charge in [-0.3, -0.25) is 9.36 Å². The van der Waals surface area contributed by atoms with Gasteiger partial charge >= 0.3 is 13.3 Å². The van der Waals surface area contributed by atoms with Crippen LogP contribution < -0.4 is 4.90 Å². The standard InChI is InChI=1S/C14H17ClF2NO5P/c1-4-22-24(21,23-5-2)14(16,17)13(20)10-8-9(15)6-7-11(10)18(3)12(13)19/h6-8,20H,4-5H2,1-3H3. The number of rotatable bonds is 6. The summed E-state index contributed by atoms with van der Waals surface area (Å²) >= 11 is 5.82. The Morgan fingerprint density at radius 3 is 2.38 bits per heavy atom. The molecule has 1 unspecified atom stereocenters. The SMILES string of the molecule is CCOP(=O)(OCC)C(F)(F)C1(O)C(=O)N(C)c2ccc(Cl)cc21. The van der Waals surface area contributed by atoms with Crippen LogP contribution in [0.4, 0.5) is 14.5 Å². The molecular formula is C14H17ClF2NO5P. The van der Waals surface area contributed by atoms with E-state index in [1.165, 1.54) is 33.0 Å². The topological polar surface area (TPSA) is 76.1 Å². The molecule has 24 heavy (non-hydrogen) atoms. The Hall–Kier alpha value is -1.05. The molecule has 1 N–H and O–H groups in total. The summed E-state index contributed by atoms with van der Waals surface area (Å²) in [5, 5.41) is 10.7. The molecule has 1 aromatic rings. The molecule has 2 rings (SSSR count). The lowest BCUT2D eigenvalue weighted by atomic mass is 9.95. The highest BCUT2D eigenvalue weighted by Gasteiger charge is 2.74. The molecule has 0 spiro atoms. The van der Waals surface area contributed by atoms with Gasteiger partial charge in [0.2, 0.25) is 5.60 Å². The lowest BCUT2D eigenvalue weighted by Crippen LogP contribution is -2.52. The highest BCUT2D eigenvalue weighted by Crippen LogP contribution is 2.69. The number of likely N-dealkylation sites (N-methyl/N-ethyl adjacent to an activating group) is 1. The molecule has 0 aromatic heterocycles. The number of halogens is 3. The molecule has 0 fully saturated rings. The molecule has 10 heteroatoms. The predicted molar refractivity (Wildman–Crippen MR) is 84.6 cm³/mol. The third kappa shape index (κ3) is 2.48. The van der Waals surface area contributed by atoms with Crippen molar-refractivity contribution < 1.29 is 32.3 Å². The van der Waals surface area contributed by atoms with Crippen molar-refractivity contribution in [3.63, 3.8) is 0 Å². The van der Waals surface area contributed by atoms with Crippen molar-refractivity contribution in [2.75, 3.05) is 25.2 Å². The summed E-state index contributed by atoms with van der Waals surface area (Å²) in [4.78, 5) is 13.3. The van der Waals surface area contributed by atoms with E-state index in [0.29, 0.717) is 0 Å². The summed E-state index contributed by atoms with van der Waals surface area (Å²) in [6, 6.07) is 3.74. The van der Waals surface area contributed by atoms with Crippen LogP contribution in [0.5, 0.6) is 0 Å². The summed E-state index contributed by atoms with van der Waals surface area (Å²) in [6.45, 7) is 1.99. The fourth-order valence-electron chi connectivity index (χ4n) is 2.59. The van der Waals surface area contributed by atoms with Gasteiger partial charge in [-0.25, -0.2) is 0 Å². The minimum atomic E-state index is -5.15. The number of amides is 1. The first-order valence-corrected chi connectivity index (χ1v) is 9.06. The largest absolute Gasteiger partial charge is 0.403 e. The number of carbonyl (C=O) groups excluding carboxylic acids is 1. The van der Waals surface area contributed by atoms with E-state index >= 15 is 8.78 Å². The second-order valence-corrected chi connectivity index (χ2v) is 7.62. The molecule has 1 amide bonds. The minimum absolute atomic E-state index is 0.0334. The molecule has 1 atom stereocenters. The van der Waals surface area contributed by atoms with Gasteiger partial charge in [-0.15, -0.1) is 0 Å². The van der Waals surface area contributed by atoms with Crippen LogP contribution in [0.2, 0.25) is 5.02 Å². The first-order chi connectivity index (χ1) is 11.1. The maximum Gasteiger partial charge on any atom is 0.403 e. The van der Waals surface area contributed by atoms with Crippen LogP contribution >= 0.6 is 19.2 Å². The zero-order valence-corrected chi connectivity index (χ0v) is 14.9. The number of hydrogen-bond donors (Lipinski definition) is 1. The van der Waals surface area contributed by atoms with E-state index in [2.05, 4.69) is 9.05 Å². The lowest BCUT2D eigenvalue weighted by molar-refractivity contribution is -0.169. The summed E-state index contributed by atoms with van der Waals surface area (Å²) in [5.74, 6) is -1.34. The van der Waals surface area contributed by atoms with Gasteiger partial charge < -0.3 is 19.1 Å². The van der Waals surface area contributed by atoms with Gasteiger partial charge in [-0.2, -0.15) is 8.78 Å². The summed E-state index contributed by atoms with van der Waals surface area (Å²) in [5.41, 5.74) is -8.35. The van der Waals surface area contributed by atoms with Crippen LogP contribution in [0.3, 0.4) is 0 Å². The number of hydrogen-bond acceptors (Lipinski definition) is 5. The average Bonchev–Trinajstić information content (AvgIpc) is 2.70. The minimum Gasteiger partial charge on any atom is -0.370 e. The van der Waals surface area contributed by atoms with Crippen molar-refractivity contribution in [2.45, 2.75) is 25.1 Å². The highest BCUT2D eigenvalue weighted by molar-refractivity contribution is 7.55. The third-order valence-corrected chi connectivity index (χ3v) is 6.14. The number of alkyl halides is 2. The van der Waals surface area contributed by atoms with Crippen molar-refractivity contribution >= 4 is 30.8 Å². The van der Waals surface area contributed by atoms with Crippen molar-refractivity contribution in [3.8, 4) is 0 Å². The first kappa shape index (κ1) is 19.3. The predicted octanol–water partition coefficient (Wildman–Crippen LogP) is 3.36. The van der Waals surface area contributed by atoms with Crippen LogP contribution in [-0.4, -0.2) is 36.9 Å². The number of benzene rings is 1. The summed E-state index contributed by atoms with van der Waals surface area (Å²) in [6.07, 6.45) is 0. The van der Waals surface area contributed by atoms with Crippen molar-refractivity contribution in [3.05, 3.63) is 28.8 Å². The molecule has 1 heterocycles. The van der Waals surface area contributed by atoms with E-state index < -0.39 is 30.3 Å². The zero-order chi connectivity index (χ0) is 18.3. The number of nitrogens with zero attached hydrogens (tertiary/aromatic N) is 1. The van der Waals surface area contributed by atoms with Gasteiger partial charge in [-0.05, 0) is 32.0 Å². The molecule has 134 valence electrons. The lowest BCUT2D eigenvalue weighted by Gasteiger charge is -2.35. The molecule has 6 nitrogen and oxygen atoms in total. The van der Waals surface area contributed by atoms with Crippen LogP contribution in [0, 0.1) is 0 Å². The van der Waals surface area contributed by atoms with Gasteiger partial charge in [0, 0.05) is 17.6 Å². The van der Waals surface area contributed by atoms with E-state index in [1.807, 2.05) is 0 Å². The summed E-state index contributed by atoms with van der Waals surface area (Å²) in [7, 11) is -3.93. The van der Waals surface area contributed by atoms with Gasteiger partial charge in [0.05, 0.1) is 18.9 Å². The van der Waals surface area contributed by atoms with Crippen LogP contribution in [-0.2, 0) is 24.0 Å². The number of fused-ring (bicyclic) bond motifs is 1. The Bertz CT molecular complexity index is 706. The molecule has 0 radical (unpaired) electrons. The molecule has 1 aliphatic heterocycles. The number of carbonyl (C=O) groups is 1. The maximum absolute atomic E-state index is 15.1. The number of anilines is 1. The van der Waals surface area contributed by atoms with Crippen LogP contribution in [0.25, 0.3) is 0 Å². The van der Waals surface area contributed by atoms with Gasteiger partial charge in [0.1, 0.15) is 0 Å². The molecular weight excluding hydrogens is 367 g/mol. The van der Waals surface area contributed by atoms with Gasteiger partial charge in [0.25, 0.3) is 5.91 Å². The van der Waals surface area contributed by atoms with Gasteiger partial charge in [0.15, 0.2) is 0 Å². The van der Waals surface area contributed by atoms with Crippen molar-refractivity contribution in [1.82, 2.24) is 0 Å². The quantitative estimate of drug-likeness (QED) is 0.762. The van der Waals surface area contributed by atoms with E-state index in [1.54, 1.807) is 0 Å². The Morgan fingerprint density at radius 2 is 1.88 bits per heavy atom. The Kier molecular flexibility index (Phi) is 5.10. The Morgan fingerprint density at radius 1 is 1.33 bits per heavy atom. The zero-order valence-electron chi connectivity index (χ0n) is 13.3. The summed E-state index contributed by atoms with van der Waals surface area (Å²) < 4.78 is 52.2. The highest BCUT2D eigenvalue weighted by atomic mass is 35.5. The van der Waals surface area contributed by atoms with E-state index in [-0.39, 0.29) is 23.9 Å². The molecule has 0 saturated carbocycles. The van der Waals surface area contributed by atoms with E-state index in [0.717, 1.165) is 11.0 Å². The fraction of sp³-hybridized carbons (Fsp3) is 0.500. The second-order valence-electron chi connectivity index (χ2n) is 5.11. The van der Waals surface area contributed by atoms with Crippen molar-refractivity contribution in [1.29, 1.82) is 0 Å². The Balaban J connectivity index is 2.71. The molecule has 1 aliphatic rings. The van der Waals surface area contributed by atoms with Crippen LogP contribution in [0.15, 0.2) is 18.2 Å².